The van der Waals surface area contributed by atoms with Crippen LogP contribution in [0.25, 0.3) is 0 Å². The zero-order chi connectivity index (χ0) is 8.27. The van der Waals surface area contributed by atoms with Crippen LogP contribution in [0.15, 0.2) is 29.2 Å². The Bertz CT molecular complexity index is 235. The van der Waals surface area contributed by atoms with Crippen molar-refractivity contribution in [2.24, 2.45) is 0 Å². The largest absolute Gasteiger partial charge is 0.464 e. The molecule has 11 heavy (non-hydrogen) atoms. The lowest BCUT2D eigenvalue weighted by atomic mass is 10.3. The minimum Gasteiger partial charge on any atom is -0.464 e. The number of ether oxygens (including phenoxy) is 1. The van der Waals surface area contributed by atoms with Crippen LogP contribution in [-0.2, 0) is 0 Å². The van der Waals surface area contributed by atoms with E-state index in [0.29, 0.717) is 5.75 Å². The van der Waals surface area contributed by atoms with Gasteiger partial charge in [0.2, 0.25) is 0 Å². The van der Waals surface area contributed by atoms with Gasteiger partial charge in [-0.3, -0.25) is 0 Å². The molecule has 3 heteroatoms. The summed E-state index contributed by atoms with van der Waals surface area (Å²) in [6, 6.07) is 7.25. The highest BCUT2D eigenvalue weighted by atomic mass is 32.1. The van der Waals surface area contributed by atoms with Crippen LogP contribution in [0, 0.1) is 0 Å². The highest BCUT2D eigenvalue weighted by Crippen LogP contribution is 2.21. The zero-order valence-corrected chi connectivity index (χ0v) is 7.08. The lowest BCUT2D eigenvalue weighted by molar-refractivity contribution is -0.00231. The molecule has 0 fully saturated rings. The third kappa shape index (κ3) is 2.44. The van der Waals surface area contributed by atoms with Crippen molar-refractivity contribution in [3.8, 4) is 5.75 Å². The van der Waals surface area contributed by atoms with Gasteiger partial charge in [-0.25, -0.2) is 0 Å². The Morgan fingerprint density at radius 1 is 1.45 bits per heavy atom. The lowest BCUT2D eigenvalue weighted by Crippen LogP contribution is -2.09. The van der Waals surface area contributed by atoms with Crippen LogP contribution in [0.3, 0.4) is 0 Å². The van der Waals surface area contributed by atoms with E-state index in [2.05, 4.69) is 12.6 Å². The van der Waals surface area contributed by atoms with E-state index in [1.165, 1.54) is 0 Å². The van der Waals surface area contributed by atoms with Gasteiger partial charge in [0.1, 0.15) is 5.75 Å². The van der Waals surface area contributed by atoms with Gasteiger partial charge in [-0.2, -0.15) is 0 Å². The fourth-order valence-electron chi connectivity index (χ4n) is 0.741. The Morgan fingerprint density at radius 2 is 2.09 bits per heavy atom. The highest BCUT2D eigenvalue weighted by molar-refractivity contribution is 7.80. The fourth-order valence-corrected chi connectivity index (χ4v) is 0.954. The highest BCUT2D eigenvalue weighted by Gasteiger charge is 2.00. The van der Waals surface area contributed by atoms with E-state index < -0.39 is 6.29 Å². The molecule has 0 bridgehead atoms. The summed E-state index contributed by atoms with van der Waals surface area (Å²) in [4.78, 5) is 0.730. The summed E-state index contributed by atoms with van der Waals surface area (Å²) >= 11 is 4.14. The molecule has 1 unspecified atom stereocenters. The van der Waals surface area contributed by atoms with Crippen molar-refractivity contribution in [3.63, 3.8) is 0 Å². The van der Waals surface area contributed by atoms with E-state index in [9.17, 15) is 0 Å². The van der Waals surface area contributed by atoms with E-state index in [1.807, 2.05) is 12.1 Å². The molecule has 0 aliphatic carbocycles. The van der Waals surface area contributed by atoms with Gasteiger partial charge in [-0.05, 0) is 19.1 Å². The topological polar surface area (TPSA) is 29.5 Å². The van der Waals surface area contributed by atoms with Crippen LogP contribution in [0.2, 0.25) is 0 Å². The van der Waals surface area contributed by atoms with Crippen LogP contribution < -0.4 is 4.74 Å². The van der Waals surface area contributed by atoms with Crippen LogP contribution >= 0.6 is 12.6 Å². The first kappa shape index (κ1) is 8.43. The molecule has 0 saturated heterocycles. The average Bonchev–Trinajstić information content (AvgIpc) is 1.93. The summed E-state index contributed by atoms with van der Waals surface area (Å²) in [7, 11) is 0. The molecule has 2 nitrogen and oxygen atoms in total. The van der Waals surface area contributed by atoms with Gasteiger partial charge < -0.3 is 9.84 Å². The zero-order valence-electron chi connectivity index (χ0n) is 6.19. The van der Waals surface area contributed by atoms with Crippen LogP contribution in [-0.4, -0.2) is 11.4 Å². The summed E-state index contributed by atoms with van der Waals surface area (Å²) < 4.78 is 5.02. The Hall–Kier alpha value is -0.670. The number of aliphatic hydroxyl groups excluding tert-OH is 1. The van der Waals surface area contributed by atoms with Crippen LogP contribution in [0.1, 0.15) is 6.92 Å². The first-order valence-corrected chi connectivity index (χ1v) is 3.77. The number of hydrogen-bond donors (Lipinski definition) is 2. The summed E-state index contributed by atoms with van der Waals surface area (Å²) in [5, 5.41) is 8.87. The quantitative estimate of drug-likeness (QED) is 0.522. The van der Waals surface area contributed by atoms with Gasteiger partial charge in [-0.15, -0.1) is 12.6 Å². The van der Waals surface area contributed by atoms with E-state index in [0.717, 1.165) is 4.90 Å². The molecule has 1 aromatic rings. The molecule has 0 aliphatic heterocycles. The molecule has 0 saturated carbocycles. The standard InChI is InChI=1S/C8H10O2S/c1-6(9)10-7-4-2-3-5-8(7)11/h2-6,9,11H,1H3. The van der Waals surface area contributed by atoms with Crippen molar-refractivity contribution < 1.29 is 9.84 Å². The number of benzene rings is 1. The minimum atomic E-state index is -0.789. The minimum absolute atomic E-state index is 0.603. The summed E-state index contributed by atoms with van der Waals surface area (Å²) in [5.74, 6) is 0.603. The van der Waals surface area contributed by atoms with Crippen molar-refractivity contribution in [2.75, 3.05) is 0 Å². The number of rotatable bonds is 2. The molecular formula is C8H10O2S. The molecule has 1 N–H and O–H groups in total. The Balaban J connectivity index is 2.78. The van der Waals surface area contributed by atoms with Gasteiger partial charge in [-0.1, -0.05) is 12.1 Å². The predicted molar refractivity (Wildman–Crippen MR) is 46.0 cm³/mol. The van der Waals surface area contributed by atoms with Crippen molar-refractivity contribution in [2.45, 2.75) is 18.1 Å². The van der Waals surface area contributed by atoms with E-state index in [1.54, 1.807) is 19.1 Å². The Kier molecular flexibility index (Phi) is 2.79. The summed E-state index contributed by atoms with van der Waals surface area (Å²) in [6.45, 7) is 1.56. The predicted octanol–water partition coefficient (Wildman–Crippen LogP) is 1.69. The average molecular weight is 170 g/mol. The van der Waals surface area contributed by atoms with Crippen molar-refractivity contribution in [1.29, 1.82) is 0 Å². The third-order valence-corrected chi connectivity index (χ3v) is 1.53. The second-order valence-electron chi connectivity index (χ2n) is 2.18. The smallest absolute Gasteiger partial charge is 0.194 e. The maximum Gasteiger partial charge on any atom is 0.194 e. The molecule has 0 aliphatic rings. The second-order valence-corrected chi connectivity index (χ2v) is 2.67. The first-order chi connectivity index (χ1) is 5.20. The molecule has 1 aromatic carbocycles. The maximum absolute atomic E-state index is 8.87. The molecule has 0 spiro atoms. The van der Waals surface area contributed by atoms with Gasteiger partial charge >= 0.3 is 0 Å². The SMILES string of the molecule is CC(O)Oc1ccccc1S. The van der Waals surface area contributed by atoms with Crippen LogP contribution in [0.4, 0.5) is 0 Å². The fraction of sp³-hybridized carbons (Fsp3) is 0.250. The molecule has 1 rings (SSSR count). The van der Waals surface area contributed by atoms with Crippen LogP contribution in [0.5, 0.6) is 5.75 Å². The molecule has 0 heterocycles. The summed E-state index contributed by atoms with van der Waals surface area (Å²) in [5.41, 5.74) is 0. The van der Waals surface area contributed by atoms with Crippen molar-refractivity contribution in [1.82, 2.24) is 0 Å². The number of hydrogen-bond acceptors (Lipinski definition) is 3. The van der Waals surface area contributed by atoms with Crippen molar-refractivity contribution in [3.05, 3.63) is 24.3 Å². The molecule has 0 amide bonds. The van der Waals surface area contributed by atoms with Crippen molar-refractivity contribution >= 4 is 12.6 Å². The molecular weight excluding hydrogens is 160 g/mol. The number of thiol groups is 1. The summed E-state index contributed by atoms with van der Waals surface area (Å²) in [6.07, 6.45) is -0.789. The second kappa shape index (κ2) is 3.64. The molecule has 0 radical (unpaired) electrons. The Labute approximate surface area is 71.2 Å². The third-order valence-electron chi connectivity index (χ3n) is 1.16. The molecule has 0 aromatic heterocycles. The normalized spacial score (nSPS) is 12.6. The maximum atomic E-state index is 8.87. The Morgan fingerprint density at radius 3 is 2.64 bits per heavy atom. The number of aliphatic hydroxyl groups is 1. The van der Waals surface area contributed by atoms with E-state index in [4.69, 9.17) is 9.84 Å². The van der Waals surface area contributed by atoms with Gasteiger partial charge in [0.05, 0.1) is 0 Å². The van der Waals surface area contributed by atoms with Gasteiger partial charge in [0.25, 0.3) is 0 Å². The number of para-hydroxylation sites is 1. The van der Waals surface area contributed by atoms with Gasteiger partial charge in [0.15, 0.2) is 6.29 Å². The lowest BCUT2D eigenvalue weighted by Gasteiger charge is -2.09. The van der Waals surface area contributed by atoms with E-state index >= 15 is 0 Å². The van der Waals surface area contributed by atoms with Gasteiger partial charge in [0, 0.05) is 4.90 Å². The monoisotopic (exact) mass is 170 g/mol. The van der Waals surface area contributed by atoms with E-state index in [-0.39, 0.29) is 0 Å². The molecule has 60 valence electrons. The molecule has 1 atom stereocenters. The first-order valence-electron chi connectivity index (χ1n) is 3.33.